The normalized spacial score (nSPS) is 26.3. The molecule has 0 aliphatic carbocycles. The zero-order valence-corrected chi connectivity index (χ0v) is 10.1. The molecule has 0 saturated carbocycles. The molecule has 0 aromatic carbocycles. The molecule has 2 aliphatic heterocycles. The standard InChI is InChI=1S/C11H19NO4/c1-4-14-9(13)12-5-11(6-12)7-15-10(2,3)16-8-11/h4-8H2,1-3H3. The summed E-state index contributed by atoms with van der Waals surface area (Å²) in [5.41, 5.74) is -0.0116. The number of rotatable bonds is 1. The first-order valence-corrected chi connectivity index (χ1v) is 5.66. The van der Waals surface area contributed by atoms with E-state index in [2.05, 4.69) is 0 Å². The van der Waals surface area contributed by atoms with Crippen molar-refractivity contribution in [3.63, 3.8) is 0 Å². The zero-order valence-electron chi connectivity index (χ0n) is 10.1. The van der Waals surface area contributed by atoms with Crippen molar-refractivity contribution in [2.24, 2.45) is 5.41 Å². The van der Waals surface area contributed by atoms with Crippen molar-refractivity contribution >= 4 is 6.09 Å². The van der Waals surface area contributed by atoms with E-state index >= 15 is 0 Å². The fourth-order valence-electron chi connectivity index (χ4n) is 2.03. The summed E-state index contributed by atoms with van der Waals surface area (Å²) in [6.07, 6.45) is -0.238. The molecule has 2 aliphatic rings. The van der Waals surface area contributed by atoms with Gasteiger partial charge in [0.05, 0.1) is 25.2 Å². The third-order valence-corrected chi connectivity index (χ3v) is 3.03. The van der Waals surface area contributed by atoms with Gasteiger partial charge in [0.2, 0.25) is 0 Å². The van der Waals surface area contributed by atoms with Gasteiger partial charge in [-0.2, -0.15) is 0 Å². The number of ether oxygens (including phenoxy) is 3. The minimum atomic E-state index is -0.490. The zero-order chi connectivity index (χ0) is 11.8. The maximum Gasteiger partial charge on any atom is 0.409 e. The number of hydrogen-bond acceptors (Lipinski definition) is 4. The second-order valence-electron chi connectivity index (χ2n) is 5.03. The van der Waals surface area contributed by atoms with Crippen LogP contribution in [0.2, 0.25) is 0 Å². The van der Waals surface area contributed by atoms with Crippen LogP contribution in [-0.2, 0) is 14.2 Å². The van der Waals surface area contributed by atoms with Crippen molar-refractivity contribution in [2.45, 2.75) is 26.6 Å². The molecule has 0 unspecified atom stereocenters. The lowest BCUT2D eigenvalue weighted by atomic mass is 9.81. The van der Waals surface area contributed by atoms with Gasteiger partial charge in [-0.1, -0.05) is 0 Å². The second-order valence-corrected chi connectivity index (χ2v) is 5.03. The molecule has 0 N–H and O–H groups in total. The van der Waals surface area contributed by atoms with E-state index in [0.29, 0.717) is 32.9 Å². The Bertz CT molecular complexity index is 272. The molecule has 5 heteroatoms. The Morgan fingerprint density at radius 3 is 2.38 bits per heavy atom. The van der Waals surface area contributed by atoms with Crippen LogP contribution in [0.15, 0.2) is 0 Å². The molecule has 0 atom stereocenters. The molecule has 2 saturated heterocycles. The van der Waals surface area contributed by atoms with Crippen LogP contribution in [0.5, 0.6) is 0 Å². The average Bonchev–Trinajstić information content (AvgIpc) is 2.15. The first-order valence-electron chi connectivity index (χ1n) is 5.66. The Kier molecular flexibility index (Phi) is 2.84. The minimum Gasteiger partial charge on any atom is -0.450 e. The van der Waals surface area contributed by atoms with Gasteiger partial charge in [0.25, 0.3) is 0 Å². The van der Waals surface area contributed by atoms with Crippen molar-refractivity contribution in [1.29, 1.82) is 0 Å². The summed E-state index contributed by atoms with van der Waals surface area (Å²) < 4.78 is 16.1. The highest BCUT2D eigenvalue weighted by Crippen LogP contribution is 2.37. The predicted octanol–water partition coefficient (Wildman–Crippen LogP) is 1.23. The molecule has 92 valence electrons. The highest BCUT2D eigenvalue weighted by atomic mass is 16.7. The first kappa shape index (κ1) is 11.7. The first-order chi connectivity index (χ1) is 7.46. The van der Waals surface area contributed by atoms with Crippen molar-refractivity contribution < 1.29 is 19.0 Å². The summed E-state index contributed by atoms with van der Waals surface area (Å²) in [6.45, 7) is 8.67. The molecule has 5 nitrogen and oxygen atoms in total. The van der Waals surface area contributed by atoms with Crippen LogP contribution in [0, 0.1) is 5.41 Å². The molecule has 2 rings (SSSR count). The molecular weight excluding hydrogens is 210 g/mol. The van der Waals surface area contributed by atoms with Gasteiger partial charge in [-0.3, -0.25) is 0 Å². The monoisotopic (exact) mass is 229 g/mol. The summed E-state index contributed by atoms with van der Waals surface area (Å²) in [7, 11) is 0. The van der Waals surface area contributed by atoms with Gasteiger partial charge in [0.15, 0.2) is 5.79 Å². The van der Waals surface area contributed by atoms with Crippen LogP contribution < -0.4 is 0 Å². The minimum absolute atomic E-state index is 0.0116. The highest BCUT2D eigenvalue weighted by Gasteiger charge is 2.50. The number of likely N-dealkylation sites (tertiary alicyclic amines) is 1. The van der Waals surface area contributed by atoms with E-state index in [1.54, 1.807) is 4.90 Å². The van der Waals surface area contributed by atoms with Gasteiger partial charge in [0, 0.05) is 13.1 Å². The highest BCUT2D eigenvalue weighted by molar-refractivity contribution is 5.69. The average molecular weight is 229 g/mol. The Balaban J connectivity index is 1.81. The molecule has 1 amide bonds. The summed E-state index contributed by atoms with van der Waals surface area (Å²) in [5.74, 6) is -0.490. The van der Waals surface area contributed by atoms with E-state index in [9.17, 15) is 4.79 Å². The van der Waals surface area contributed by atoms with Crippen LogP contribution in [0.1, 0.15) is 20.8 Å². The summed E-state index contributed by atoms with van der Waals surface area (Å²) in [5, 5.41) is 0. The van der Waals surface area contributed by atoms with Gasteiger partial charge in [-0.05, 0) is 20.8 Å². The van der Waals surface area contributed by atoms with Crippen LogP contribution >= 0.6 is 0 Å². The van der Waals surface area contributed by atoms with Crippen molar-refractivity contribution in [2.75, 3.05) is 32.9 Å². The maximum absolute atomic E-state index is 11.4. The SMILES string of the molecule is CCOC(=O)N1CC2(COC(C)(C)OC2)C1. The quantitative estimate of drug-likeness (QED) is 0.678. The molecule has 2 heterocycles. The Labute approximate surface area is 95.6 Å². The Hall–Kier alpha value is -0.810. The Morgan fingerprint density at radius 2 is 1.88 bits per heavy atom. The van der Waals surface area contributed by atoms with Gasteiger partial charge < -0.3 is 19.1 Å². The van der Waals surface area contributed by atoms with E-state index in [-0.39, 0.29) is 11.5 Å². The summed E-state index contributed by atoms with van der Waals surface area (Å²) in [4.78, 5) is 13.1. The van der Waals surface area contributed by atoms with E-state index in [0.717, 1.165) is 0 Å². The third kappa shape index (κ3) is 2.15. The Morgan fingerprint density at radius 1 is 1.31 bits per heavy atom. The van der Waals surface area contributed by atoms with Crippen LogP contribution in [-0.4, -0.2) is 49.7 Å². The molecule has 2 fully saturated rings. The smallest absolute Gasteiger partial charge is 0.409 e. The fraction of sp³-hybridized carbons (Fsp3) is 0.909. The van der Waals surface area contributed by atoms with E-state index in [1.807, 2.05) is 20.8 Å². The molecular formula is C11H19NO4. The van der Waals surface area contributed by atoms with Gasteiger partial charge in [0.1, 0.15) is 0 Å². The van der Waals surface area contributed by atoms with E-state index in [1.165, 1.54) is 0 Å². The summed E-state index contributed by atoms with van der Waals surface area (Å²) >= 11 is 0. The van der Waals surface area contributed by atoms with Crippen molar-refractivity contribution in [3.05, 3.63) is 0 Å². The molecule has 0 aromatic heterocycles. The van der Waals surface area contributed by atoms with Gasteiger partial charge in [-0.25, -0.2) is 4.79 Å². The van der Waals surface area contributed by atoms with Crippen LogP contribution in [0.3, 0.4) is 0 Å². The van der Waals surface area contributed by atoms with E-state index in [4.69, 9.17) is 14.2 Å². The largest absolute Gasteiger partial charge is 0.450 e. The molecule has 1 spiro atoms. The van der Waals surface area contributed by atoms with Crippen molar-refractivity contribution in [1.82, 2.24) is 4.90 Å². The molecule has 0 aromatic rings. The third-order valence-electron chi connectivity index (χ3n) is 3.03. The lowest BCUT2D eigenvalue weighted by Gasteiger charge is -2.53. The molecule has 16 heavy (non-hydrogen) atoms. The fourth-order valence-corrected chi connectivity index (χ4v) is 2.03. The van der Waals surface area contributed by atoms with E-state index < -0.39 is 5.79 Å². The number of nitrogens with zero attached hydrogens (tertiary/aromatic N) is 1. The van der Waals surface area contributed by atoms with Crippen molar-refractivity contribution in [3.8, 4) is 0 Å². The summed E-state index contributed by atoms with van der Waals surface area (Å²) in [6, 6.07) is 0. The number of carbonyl (C=O) groups excluding carboxylic acids is 1. The maximum atomic E-state index is 11.4. The predicted molar refractivity (Wildman–Crippen MR) is 57.0 cm³/mol. The molecule has 0 bridgehead atoms. The van der Waals surface area contributed by atoms with Gasteiger partial charge >= 0.3 is 6.09 Å². The second kappa shape index (κ2) is 3.89. The molecule has 0 radical (unpaired) electrons. The topological polar surface area (TPSA) is 48.0 Å². The lowest BCUT2D eigenvalue weighted by Crippen LogP contribution is -2.65. The number of hydrogen-bond donors (Lipinski definition) is 0. The number of amides is 1. The van der Waals surface area contributed by atoms with Gasteiger partial charge in [-0.15, -0.1) is 0 Å². The van der Waals surface area contributed by atoms with Crippen LogP contribution in [0.25, 0.3) is 0 Å². The lowest BCUT2D eigenvalue weighted by molar-refractivity contribution is -0.302. The number of carbonyl (C=O) groups is 1. The van der Waals surface area contributed by atoms with Crippen LogP contribution in [0.4, 0.5) is 4.79 Å².